The quantitative estimate of drug-likeness (QED) is 0.866. The van der Waals surface area contributed by atoms with E-state index in [0.717, 1.165) is 30.4 Å². The van der Waals surface area contributed by atoms with Gasteiger partial charge < -0.3 is 14.9 Å². The molecule has 2 aliphatic rings. The number of rotatable bonds is 3. The molecule has 3 unspecified atom stereocenters. The first-order chi connectivity index (χ1) is 11.7. The zero-order valence-electron chi connectivity index (χ0n) is 16.0. The van der Waals surface area contributed by atoms with Crippen molar-refractivity contribution in [3.05, 3.63) is 22.8 Å². The van der Waals surface area contributed by atoms with Crippen molar-refractivity contribution < 1.29 is 19.7 Å². The molecule has 0 aliphatic heterocycles. The van der Waals surface area contributed by atoms with Gasteiger partial charge in [0.05, 0.1) is 12.0 Å². The zero-order valence-corrected chi connectivity index (χ0v) is 16.0. The molecule has 0 amide bonds. The van der Waals surface area contributed by atoms with E-state index in [1.54, 1.807) is 7.11 Å². The van der Waals surface area contributed by atoms with Crippen molar-refractivity contribution in [3.8, 4) is 11.5 Å². The number of aromatic hydroxyl groups is 2. The summed E-state index contributed by atoms with van der Waals surface area (Å²) in [4.78, 5) is 12.7. The fourth-order valence-corrected chi connectivity index (χ4v) is 5.50. The van der Waals surface area contributed by atoms with Gasteiger partial charge in [0.15, 0.2) is 0 Å². The Morgan fingerprint density at radius 1 is 1.28 bits per heavy atom. The van der Waals surface area contributed by atoms with Gasteiger partial charge in [-0.2, -0.15) is 0 Å². The second kappa shape index (κ2) is 6.01. The van der Waals surface area contributed by atoms with Crippen LogP contribution in [-0.2, 0) is 21.4 Å². The van der Waals surface area contributed by atoms with Crippen LogP contribution in [0.2, 0.25) is 0 Å². The molecule has 25 heavy (non-hydrogen) atoms. The molecule has 138 valence electrons. The third kappa shape index (κ3) is 2.49. The fourth-order valence-electron chi connectivity index (χ4n) is 5.50. The van der Waals surface area contributed by atoms with Crippen LogP contribution in [-0.4, -0.2) is 29.7 Å². The molecule has 0 saturated heterocycles. The van der Waals surface area contributed by atoms with Crippen molar-refractivity contribution in [1.82, 2.24) is 0 Å². The van der Waals surface area contributed by atoms with Crippen LogP contribution in [0, 0.1) is 11.3 Å². The molecule has 1 fully saturated rings. The minimum Gasteiger partial charge on any atom is -0.508 e. The molecule has 3 atom stereocenters. The molecule has 2 N–H and O–H groups in total. The highest BCUT2D eigenvalue weighted by Gasteiger charge is 2.56. The molecule has 0 spiro atoms. The maximum Gasteiger partial charge on any atom is 0.141 e. The number of phenolic OH excluding ortho intramolecular Hbond substituents is 2. The van der Waals surface area contributed by atoms with E-state index in [2.05, 4.69) is 6.92 Å². The van der Waals surface area contributed by atoms with Gasteiger partial charge in [-0.15, -0.1) is 0 Å². The maximum atomic E-state index is 12.7. The summed E-state index contributed by atoms with van der Waals surface area (Å²) in [6.07, 6.45) is 2.85. The lowest BCUT2D eigenvalue weighted by molar-refractivity contribution is -0.143. The first kappa shape index (κ1) is 18.2. The van der Waals surface area contributed by atoms with Crippen molar-refractivity contribution >= 4 is 5.78 Å². The van der Waals surface area contributed by atoms with Crippen LogP contribution in [0.3, 0.4) is 0 Å². The predicted molar refractivity (Wildman–Crippen MR) is 97.2 cm³/mol. The van der Waals surface area contributed by atoms with Gasteiger partial charge in [0.2, 0.25) is 0 Å². The van der Waals surface area contributed by atoms with Crippen molar-refractivity contribution in [3.63, 3.8) is 0 Å². The highest BCUT2D eigenvalue weighted by atomic mass is 16.5. The van der Waals surface area contributed by atoms with Gasteiger partial charge >= 0.3 is 0 Å². The Kier molecular flexibility index (Phi) is 4.39. The molecule has 1 saturated carbocycles. The molecular formula is C21H30O4. The standard InChI is InChI=1S/C21H30O4/c1-12(2)18-15(22)10-14-13(19(18)24)6-7-16-20(14,3)9-8-17(23)21(16,4)11-25-5/h10,12,16,22,24H,6-9,11H2,1-5H3. The average Bonchev–Trinajstić information content (AvgIpc) is 2.52. The first-order valence-corrected chi connectivity index (χ1v) is 9.27. The number of carbonyl (C=O) groups excluding carboxylic acids is 1. The van der Waals surface area contributed by atoms with Crippen LogP contribution in [0.5, 0.6) is 11.5 Å². The van der Waals surface area contributed by atoms with Crippen molar-refractivity contribution in [1.29, 1.82) is 0 Å². The molecule has 0 radical (unpaired) electrons. The largest absolute Gasteiger partial charge is 0.508 e. The fraction of sp³-hybridized carbons (Fsp3) is 0.667. The summed E-state index contributed by atoms with van der Waals surface area (Å²) in [5.74, 6) is 0.890. The van der Waals surface area contributed by atoms with Gasteiger partial charge in [-0.1, -0.05) is 27.7 Å². The number of carbonyl (C=O) groups is 1. The van der Waals surface area contributed by atoms with E-state index in [-0.39, 0.29) is 34.5 Å². The summed E-state index contributed by atoms with van der Waals surface area (Å²) in [5.41, 5.74) is 1.85. The predicted octanol–water partition coefficient (Wildman–Crippen LogP) is 4.06. The van der Waals surface area contributed by atoms with E-state index >= 15 is 0 Å². The molecule has 0 heterocycles. The van der Waals surface area contributed by atoms with Crippen LogP contribution in [0.25, 0.3) is 0 Å². The second-order valence-corrected chi connectivity index (χ2v) is 8.62. The first-order valence-electron chi connectivity index (χ1n) is 9.27. The number of phenols is 2. The third-order valence-corrected chi connectivity index (χ3v) is 6.79. The zero-order chi connectivity index (χ0) is 18.6. The van der Waals surface area contributed by atoms with Crippen LogP contribution < -0.4 is 0 Å². The molecule has 4 heteroatoms. The van der Waals surface area contributed by atoms with Crippen molar-refractivity contribution in [2.24, 2.45) is 11.3 Å². The minimum absolute atomic E-state index is 0.0579. The van der Waals surface area contributed by atoms with Gasteiger partial charge in [0, 0.05) is 19.1 Å². The Bertz CT molecular complexity index is 708. The normalized spacial score (nSPS) is 31.8. The monoisotopic (exact) mass is 346 g/mol. The topological polar surface area (TPSA) is 66.8 Å². The van der Waals surface area contributed by atoms with Crippen molar-refractivity contribution in [2.75, 3.05) is 13.7 Å². The summed E-state index contributed by atoms with van der Waals surface area (Å²) in [5, 5.41) is 21.4. The van der Waals surface area contributed by atoms with Crippen LogP contribution in [0.1, 0.15) is 69.6 Å². The number of ether oxygens (including phenoxy) is 1. The Morgan fingerprint density at radius 3 is 2.56 bits per heavy atom. The Balaban J connectivity index is 2.17. The van der Waals surface area contributed by atoms with Crippen molar-refractivity contribution in [2.45, 2.75) is 64.7 Å². The highest BCUT2D eigenvalue weighted by Crippen LogP contribution is 2.58. The summed E-state index contributed by atoms with van der Waals surface area (Å²) in [6, 6.07) is 1.85. The van der Waals surface area contributed by atoms with Crippen LogP contribution in [0.15, 0.2) is 6.07 Å². The second-order valence-electron chi connectivity index (χ2n) is 8.62. The van der Waals surface area contributed by atoms with E-state index in [1.165, 1.54) is 0 Å². The number of hydrogen-bond donors (Lipinski definition) is 2. The average molecular weight is 346 g/mol. The summed E-state index contributed by atoms with van der Waals surface area (Å²) in [6.45, 7) is 8.58. The molecule has 0 bridgehead atoms. The molecule has 3 rings (SSSR count). The Morgan fingerprint density at radius 2 is 1.96 bits per heavy atom. The van der Waals surface area contributed by atoms with Gasteiger partial charge in [0.1, 0.15) is 17.3 Å². The highest BCUT2D eigenvalue weighted by molar-refractivity contribution is 5.86. The number of benzene rings is 1. The molecule has 2 aliphatic carbocycles. The lowest BCUT2D eigenvalue weighted by Crippen LogP contribution is -2.55. The maximum absolute atomic E-state index is 12.7. The minimum atomic E-state index is -0.513. The molecule has 1 aromatic rings. The number of methoxy groups -OCH3 is 1. The summed E-state index contributed by atoms with van der Waals surface area (Å²) >= 11 is 0. The Labute approximate surface area is 150 Å². The smallest absolute Gasteiger partial charge is 0.141 e. The summed E-state index contributed by atoms with van der Waals surface area (Å²) in [7, 11) is 1.65. The molecule has 0 aromatic heterocycles. The number of Topliss-reactive ketones (excluding diaryl/α,β-unsaturated/α-hetero) is 1. The van der Waals surface area contributed by atoms with Gasteiger partial charge in [-0.3, -0.25) is 4.79 Å². The SMILES string of the molecule is COCC1(C)C(=O)CCC2(C)c3cc(O)c(C(C)C)c(O)c3CCC12. The number of fused-ring (bicyclic) bond motifs is 3. The molecule has 1 aromatic carbocycles. The number of ketones is 1. The van der Waals surface area contributed by atoms with E-state index in [4.69, 9.17) is 4.74 Å². The Hall–Kier alpha value is -1.55. The van der Waals surface area contributed by atoms with E-state index in [1.807, 2.05) is 26.8 Å². The lowest BCUT2D eigenvalue weighted by Gasteiger charge is -2.54. The van der Waals surface area contributed by atoms with E-state index in [9.17, 15) is 15.0 Å². The van der Waals surface area contributed by atoms with Gasteiger partial charge in [0.25, 0.3) is 0 Å². The summed E-state index contributed by atoms with van der Waals surface area (Å²) < 4.78 is 5.42. The van der Waals surface area contributed by atoms with Crippen LogP contribution in [0.4, 0.5) is 0 Å². The third-order valence-electron chi connectivity index (χ3n) is 6.79. The molecular weight excluding hydrogens is 316 g/mol. The van der Waals surface area contributed by atoms with E-state index < -0.39 is 5.41 Å². The number of hydrogen-bond acceptors (Lipinski definition) is 4. The van der Waals surface area contributed by atoms with Gasteiger partial charge in [-0.05, 0) is 53.7 Å². The molecule has 4 nitrogen and oxygen atoms in total. The van der Waals surface area contributed by atoms with Crippen LogP contribution >= 0.6 is 0 Å². The van der Waals surface area contributed by atoms with Gasteiger partial charge in [-0.25, -0.2) is 0 Å². The van der Waals surface area contributed by atoms with E-state index in [0.29, 0.717) is 18.6 Å². The lowest BCUT2D eigenvalue weighted by atomic mass is 9.49.